The van der Waals surface area contributed by atoms with Gasteiger partial charge in [-0.1, -0.05) is 6.07 Å². The van der Waals surface area contributed by atoms with Crippen LogP contribution < -0.4 is 0 Å². The van der Waals surface area contributed by atoms with Crippen LogP contribution in [0.4, 0.5) is 4.39 Å². The predicted molar refractivity (Wildman–Crippen MR) is 34.1 cm³/mol. The second kappa shape index (κ2) is 2.73. The van der Waals surface area contributed by atoms with Crippen molar-refractivity contribution >= 4 is 17.4 Å². The molecular formula is C6H5FOS. The van der Waals surface area contributed by atoms with Crippen LogP contribution in [0.1, 0.15) is 4.88 Å². The van der Waals surface area contributed by atoms with Gasteiger partial charge >= 0.3 is 6.04 Å². The number of hydrogen-bond donors (Lipinski definition) is 0. The van der Waals surface area contributed by atoms with Crippen molar-refractivity contribution in [2.24, 2.45) is 0 Å². The van der Waals surface area contributed by atoms with Gasteiger partial charge in [-0.15, -0.1) is 11.3 Å². The fourth-order valence-electron chi connectivity index (χ4n) is 0.550. The van der Waals surface area contributed by atoms with Crippen molar-refractivity contribution in [2.45, 2.75) is 6.42 Å². The third kappa shape index (κ3) is 1.93. The number of thiophene rings is 1. The Morgan fingerprint density at radius 3 is 3.00 bits per heavy atom. The van der Waals surface area contributed by atoms with E-state index in [4.69, 9.17) is 0 Å². The van der Waals surface area contributed by atoms with Gasteiger partial charge in [0.2, 0.25) is 0 Å². The highest BCUT2D eigenvalue weighted by Crippen LogP contribution is 2.09. The molecule has 0 spiro atoms. The lowest BCUT2D eigenvalue weighted by molar-refractivity contribution is -0.128. The minimum absolute atomic E-state index is 0.0718. The normalized spacial score (nSPS) is 9.44. The average Bonchev–Trinajstić information content (AvgIpc) is 2.15. The van der Waals surface area contributed by atoms with Crippen molar-refractivity contribution in [2.75, 3.05) is 0 Å². The van der Waals surface area contributed by atoms with Crippen LogP contribution in [0.15, 0.2) is 17.5 Å². The van der Waals surface area contributed by atoms with Crippen LogP contribution in [-0.2, 0) is 11.2 Å². The van der Waals surface area contributed by atoms with E-state index in [1.165, 1.54) is 11.3 Å². The lowest BCUT2D eigenvalue weighted by atomic mass is 10.4. The first kappa shape index (κ1) is 6.42. The SMILES string of the molecule is O=C(F)Cc1cccs1. The molecule has 1 heterocycles. The van der Waals surface area contributed by atoms with E-state index < -0.39 is 6.04 Å². The molecule has 0 amide bonds. The Kier molecular flexibility index (Phi) is 1.95. The maximum atomic E-state index is 11.6. The van der Waals surface area contributed by atoms with E-state index in [0.29, 0.717) is 0 Å². The van der Waals surface area contributed by atoms with E-state index in [1.807, 2.05) is 5.38 Å². The maximum Gasteiger partial charge on any atom is 0.306 e. The Labute approximate surface area is 56.1 Å². The van der Waals surface area contributed by atoms with Crippen molar-refractivity contribution in [1.82, 2.24) is 0 Å². The monoisotopic (exact) mass is 144 g/mol. The van der Waals surface area contributed by atoms with Crippen molar-refractivity contribution in [3.8, 4) is 0 Å². The van der Waals surface area contributed by atoms with Crippen LogP contribution in [-0.4, -0.2) is 6.04 Å². The first-order valence-electron chi connectivity index (χ1n) is 2.50. The molecule has 0 atom stereocenters. The van der Waals surface area contributed by atoms with Crippen LogP contribution in [0.5, 0.6) is 0 Å². The first-order chi connectivity index (χ1) is 4.29. The summed E-state index contributed by atoms with van der Waals surface area (Å²) in [6.45, 7) is 0. The molecule has 48 valence electrons. The smallest absolute Gasteiger partial charge is 0.261 e. The lowest BCUT2D eigenvalue weighted by Gasteiger charge is -1.82. The molecule has 0 saturated carbocycles. The fourth-order valence-corrected chi connectivity index (χ4v) is 1.24. The third-order valence-corrected chi connectivity index (χ3v) is 1.77. The number of carbonyl (C=O) groups excluding carboxylic acids is 1. The van der Waals surface area contributed by atoms with Crippen LogP contribution in [0, 0.1) is 0 Å². The van der Waals surface area contributed by atoms with Gasteiger partial charge in [0.05, 0.1) is 6.42 Å². The highest BCUT2D eigenvalue weighted by Gasteiger charge is 1.99. The fraction of sp³-hybridized carbons (Fsp3) is 0.167. The highest BCUT2D eigenvalue weighted by atomic mass is 32.1. The third-order valence-electron chi connectivity index (χ3n) is 0.893. The number of halogens is 1. The summed E-state index contributed by atoms with van der Waals surface area (Å²) < 4.78 is 11.6. The van der Waals surface area contributed by atoms with E-state index >= 15 is 0 Å². The summed E-state index contributed by atoms with van der Waals surface area (Å²) in [7, 11) is 0. The van der Waals surface area contributed by atoms with Crippen molar-refractivity contribution < 1.29 is 9.18 Å². The van der Waals surface area contributed by atoms with E-state index in [9.17, 15) is 9.18 Å². The second-order valence-electron chi connectivity index (χ2n) is 1.61. The number of hydrogen-bond acceptors (Lipinski definition) is 2. The van der Waals surface area contributed by atoms with Gasteiger partial charge in [-0.2, -0.15) is 4.39 Å². The van der Waals surface area contributed by atoms with Crippen LogP contribution in [0.25, 0.3) is 0 Å². The molecule has 1 rings (SSSR count). The molecule has 0 aliphatic rings. The zero-order valence-electron chi connectivity index (χ0n) is 4.63. The molecule has 0 fully saturated rings. The molecule has 1 nitrogen and oxygen atoms in total. The Hall–Kier alpha value is -0.700. The van der Waals surface area contributed by atoms with Gasteiger partial charge in [0.1, 0.15) is 0 Å². The Morgan fingerprint density at radius 2 is 2.56 bits per heavy atom. The summed E-state index contributed by atoms with van der Waals surface area (Å²) in [4.78, 5) is 10.6. The minimum Gasteiger partial charge on any atom is -0.261 e. The van der Waals surface area contributed by atoms with E-state index in [-0.39, 0.29) is 6.42 Å². The average molecular weight is 144 g/mol. The maximum absolute atomic E-state index is 11.6. The molecule has 0 unspecified atom stereocenters. The van der Waals surface area contributed by atoms with Crippen molar-refractivity contribution in [3.05, 3.63) is 22.4 Å². The van der Waals surface area contributed by atoms with Gasteiger partial charge in [0, 0.05) is 4.88 Å². The summed E-state index contributed by atoms with van der Waals surface area (Å²) >= 11 is 1.39. The number of carbonyl (C=O) groups is 1. The Balaban J connectivity index is 2.58. The quantitative estimate of drug-likeness (QED) is 0.578. The molecule has 0 saturated heterocycles. The molecule has 0 aromatic carbocycles. The largest absolute Gasteiger partial charge is 0.306 e. The molecule has 0 aliphatic heterocycles. The van der Waals surface area contributed by atoms with E-state index in [1.54, 1.807) is 12.1 Å². The Bertz CT molecular complexity index is 193. The van der Waals surface area contributed by atoms with Gasteiger partial charge in [-0.25, -0.2) is 0 Å². The molecule has 3 heteroatoms. The van der Waals surface area contributed by atoms with E-state index in [2.05, 4.69) is 0 Å². The highest BCUT2D eigenvalue weighted by molar-refractivity contribution is 7.10. The molecule has 0 radical (unpaired) electrons. The summed E-state index contributed by atoms with van der Waals surface area (Å²) in [5, 5.41) is 1.82. The zero-order chi connectivity index (χ0) is 6.69. The molecule has 0 aliphatic carbocycles. The molecular weight excluding hydrogens is 139 g/mol. The van der Waals surface area contributed by atoms with Crippen molar-refractivity contribution in [1.29, 1.82) is 0 Å². The Morgan fingerprint density at radius 1 is 1.78 bits per heavy atom. The van der Waals surface area contributed by atoms with Gasteiger partial charge in [0.15, 0.2) is 0 Å². The molecule has 0 bridgehead atoms. The molecule has 1 aromatic heterocycles. The van der Waals surface area contributed by atoms with Crippen molar-refractivity contribution in [3.63, 3.8) is 0 Å². The topological polar surface area (TPSA) is 17.1 Å². The molecule has 1 aromatic rings. The summed E-state index contributed by atoms with van der Waals surface area (Å²) in [6, 6.07) is 2.27. The second-order valence-corrected chi connectivity index (χ2v) is 2.64. The summed E-state index contributed by atoms with van der Waals surface area (Å²) in [5.74, 6) is 0. The van der Waals surface area contributed by atoms with Crippen LogP contribution >= 0.6 is 11.3 Å². The number of rotatable bonds is 2. The first-order valence-corrected chi connectivity index (χ1v) is 3.38. The van der Waals surface area contributed by atoms with Crippen LogP contribution in [0.3, 0.4) is 0 Å². The molecule has 0 N–H and O–H groups in total. The van der Waals surface area contributed by atoms with Gasteiger partial charge in [0.25, 0.3) is 0 Å². The lowest BCUT2D eigenvalue weighted by Crippen LogP contribution is -1.89. The molecule has 9 heavy (non-hydrogen) atoms. The standard InChI is InChI=1S/C6H5FOS/c7-6(8)4-5-2-1-3-9-5/h1-3H,4H2. The van der Waals surface area contributed by atoms with E-state index in [0.717, 1.165) is 4.88 Å². The van der Waals surface area contributed by atoms with Gasteiger partial charge < -0.3 is 0 Å². The summed E-state index contributed by atoms with van der Waals surface area (Å²) in [5.41, 5.74) is 0. The van der Waals surface area contributed by atoms with Gasteiger partial charge in [-0.3, -0.25) is 4.79 Å². The predicted octanol–water partition coefficient (Wildman–Crippen LogP) is 1.79. The minimum atomic E-state index is -1.27. The summed E-state index contributed by atoms with van der Waals surface area (Å²) in [6.07, 6.45) is -0.0718. The van der Waals surface area contributed by atoms with Crippen LogP contribution in [0.2, 0.25) is 0 Å². The zero-order valence-corrected chi connectivity index (χ0v) is 5.45. The van der Waals surface area contributed by atoms with Gasteiger partial charge in [-0.05, 0) is 11.4 Å².